The molecular formula is C30H33F3N8O4S. The number of amides is 1. The summed E-state index contributed by atoms with van der Waals surface area (Å²) >= 11 is 0. The summed E-state index contributed by atoms with van der Waals surface area (Å²) in [6, 6.07) is 3.40. The van der Waals surface area contributed by atoms with Crippen molar-refractivity contribution in [2.24, 2.45) is 11.8 Å². The highest BCUT2D eigenvalue weighted by Crippen LogP contribution is 2.31. The molecule has 46 heavy (non-hydrogen) atoms. The molecule has 0 spiro atoms. The van der Waals surface area contributed by atoms with E-state index in [2.05, 4.69) is 42.5 Å². The van der Waals surface area contributed by atoms with E-state index in [0.29, 0.717) is 60.2 Å². The molecule has 3 fully saturated rings. The van der Waals surface area contributed by atoms with Crippen LogP contribution in [0.2, 0.25) is 0 Å². The summed E-state index contributed by atoms with van der Waals surface area (Å²) in [5, 5.41) is 20.0. The molecule has 12 nitrogen and oxygen atoms in total. The van der Waals surface area contributed by atoms with Gasteiger partial charge in [-0.3, -0.25) is 4.79 Å². The maximum atomic E-state index is 12.9. The van der Waals surface area contributed by atoms with Crippen LogP contribution < -0.4 is 10.6 Å². The fourth-order valence-electron chi connectivity index (χ4n) is 5.57. The summed E-state index contributed by atoms with van der Waals surface area (Å²) in [7, 11) is -3.53. The largest absolute Gasteiger partial charge is 0.471 e. The van der Waals surface area contributed by atoms with Gasteiger partial charge in [0.1, 0.15) is 11.6 Å². The second-order valence-corrected chi connectivity index (χ2v) is 14.0. The molecule has 3 aliphatic rings. The number of aliphatic hydroxyl groups is 1. The first-order valence-corrected chi connectivity index (χ1v) is 16.6. The van der Waals surface area contributed by atoms with Crippen molar-refractivity contribution < 1.29 is 31.5 Å². The predicted molar refractivity (Wildman–Crippen MR) is 162 cm³/mol. The zero-order chi connectivity index (χ0) is 32.5. The molecule has 1 unspecified atom stereocenters. The number of halogens is 3. The number of aliphatic hydroxyl groups excluding tert-OH is 1. The minimum Gasteiger partial charge on any atom is -0.393 e. The van der Waals surface area contributed by atoms with E-state index in [1.54, 1.807) is 18.3 Å². The van der Waals surface area contributed by atoms with Crippen LogP contribution in [0, 0.1) is 23.7 Å². The summed E-state index contributed by atoms with van der Waals surface area (Å²) in [5.74, 6) is 5.28. The van der Waals surface area contributed by atoms with E-state index < -0.39 is 33.3 Å². The molecule has 0 aromatic carbocycles. The summed E-state index contributed by atoms with van der Waals surface area (Å²) in [6.45, 7) is 0.538. The van der Waals surface area contributed by atoms with Crippen LogP contribution in [0.4, 0.5) is 30.5 Å². The van der Waals surface area contributed by atoms with Crippen molar-refractivity contribution in [1.82, 2.24) is 29.0 Å². The summed E-state index contributed by atoms with van der Waals surface area (Å²) in [4.78, 5) is 25.6. The maximum Gasteiger partial charge on any atom is 0.471 e. The first-order chi connectivity index (χ1) is 22.0. The van der Waals surface area contributed by atoms with E-state index >= 15 is 0 Å². The number of anilines is 3. The molecule has 2 aliphatic carbocycles. The zero-order valence-electron chi connectivity index (χ0n) is 24.7. The molecule has 1 saturated heterocycles. The fourth-order valence-corrected chi connectivity index (χ4v) is 7.05. The van der Waals surface area contributed by atoms with E-state index in [1.807, 2.05) is 0 Å². The number of carbonyl (C=O) groups excluding carboxylic acids is 1. The van der Waals surface area contributed by atoms with Crippen LogP contribution in [0.5, 0.6) is 0 Å². The molecule has 1 amide bonds. The number of alkyl halides is 3. The van der Waals surface area contributed by atoms with Gasteiger partial charge in [-0.25, -0.2) is 23.4 Å². The Hall–Kier alpha value is -4.23. The van der Waals surface area contributed by atoms with E-state index in [9.17, 15) is 31.5 Å². The first-order valence-electron chi connectivity index (χ1n) is 15.1. The molecule has 3 aromatic heterocycles. The van der Waals surface area contributed by atoms with Crippen molar-refractivity contribution in [3.8, 4) is 23.2 Å². The van der Waals surface area contributed by atoms with Gasteiger partial charge in [-0.2, -0.15) is 22.4 Å². The Balaban J connectivity index is 1.19. The van der Waals surface area contributed by atoms with Crippen molar-refractivity contribution in [3.05, 3.63) is 42.5 Å². The topological polar surface area (TPSA) is 155 Å². The number of likely N-dealkylation sites (tertiary alicyclic amines) is 1. The molecule has 16 heteroatoms. The van der Waals surface area contributed by atoms with Crippen molar-refractivity contribution in [1.29, 1.82) is 0 Å². The zero-order valence-corrected chi connectivity index (χ0v) is 25.6. The highest BCUT2D eigenvalue weighted by Gasteiger charge is 2.44. The Morgan fingerprint density at radius 3 is 2.59 bits per heavy atom. The lowest BCUT2D eigenvalue weighted by Gasteiger charge is -2.26. The molecule has 1 atom stereocenters. The van der Waals surface area contributed by atoms with Gasteiger partial charge in [0.15, 0.2) is 5.82 Å². The monoisotopic (exact) mass is 658 g/mol. The second-order valence-electron chi connectivity index (χ2n) is 11.9. The van der Waals surface area contributed by atoms with Crippen LogP contribution in [0.1, 0.15) is 50.5 Å². The third kappa shape index (κ3) is 7.42. The Morgan fingerprint density at radius 2 is 1.85 bits per heavy atom. The highest BCUT2D eigenvalue weighted by atomic mass is 32.2. The quantitative estimate of drug-likeness (QED) is 0.306. The molecule has 4 heterocycles. The maximum absolute atomic E-state index is 12.9. The number of carbonyl (C=O) groups is 1. The van der Waals surface area contributed by atoms with Crippen LogP contribution >= 0.6 is 0 Å². The molecule has 3 aromatic rings. The van der Waals surface area contributed by atoms with Crippen LogP contribution in [0.15, 0.2) is 36.9 Å². The number of pyridine rings is 1. The minimum absolute atomic E-state index is 0.00449. The third-order valence-electron chi connectivity index (χ3n) is 8.37. The van der Waals surface area contributed by atoms with Gasteiger partial charge < -0.3 is 20.6 Å². The van der Waals surface area contributed by atoms with E-state index in [-0.39, 0.29) is 25.0 Å². The van der Waals surface area contributed by atoms with Crippen molar-refractivity contribution >= 4 is 33.3 Å². The Kier molecular flexibility index (Phi) is 8.88. The second kappa shape index (κ2) is 12.9. The van der Waals surface area contributed by atoms with E-state index in [1.165, 1.54) is 18.6 Å². The fraction of sp³-hybridized carbons (Fsp3) is 0.500. The van der Waals surface area contributed by atoms with Gasteiger partial charge in [0, 0.05) is 44.0 Å². The number of nitrogens with one attached hydrogen (secondary N) is 2. The molecule has 6 rings (SSSR count). The van der Waals surface area contributed by atoms with Crippen LogP contribution in [0.3, 0.4) is 0 Å². The average Bonchev–Trinajstić information content (AvgIpc) is 3.59. The molecule has 0 radical (unpaired) electrons. The van der Waals surface area contributed by atoms with Gasteiger partial charge in [0.25, 0.3) is 10.0 Å². The van der Waals surface area contributed by atoms with Crippen molar-refractivity contribution in [3.63, 3.8) is 0 Å². The van der Waals surface area contributed by atoms with Crippen LogP contribution in [-0.4, -0.2) is 85.6 Å². The molecule has 244 valence electrons. The summed E-state index contributed by atoms with van der Waals surface area (Å²) in [5.41, 5.74) is 1.65. The normalized spacial score (nSPS) is 21.8. The number of nitrogens with zero attached hydrogens (tertiary/aromatic N) is 6. The summed E-state index contributed by atoms with van der Waals surface area (Å²) < 4.78 is 64.6. The van der Waals surface area contributed by atoms with Crippen molar-refractivity contribution in [2.75, 3.05) is 30.3 Å². The minimum atomic E-state index is -4.91. The molecule has 1 aliphatic heterocycles. The SMILES string of the molecule is O=C(N1CCC(C#Cc2cnc(Nc3ccnc(-c4cnn(S(=O)(=O)C5CC5)c4)n3)cc2NCC2CCC(O)CC2)C1)C(F)(F)F. The van der Waals surface area contributed by atoms with Gasteiger partial charge in [-0.1, -0.05) is 11.8 Å². The standard InChI is InChI=1S/C30H33F3N8O4S/c31-30(32,33)29(43)40-12-10-20(17-40)1-4-21-15-36-27(13-25(21)35-14-19-2-5-23(42)6-3-19)38-26-9-11-34-28(39-26)22-16-37-41(18-22)46(44,45)24-7-8-24/h9,11,13,15-16,18-20,23-24,42H,2-3,5-8,10,12,14,17H2,(H2,34,35,36,38,39). The number of hydrogen-bond donors (Lipinski definition) is 3. The van der Waals surface area contributed by atoms with Crippen LogP contribution in [-0.2, 0) is 14.8 Å². The Bertz CT molecular complexity index is 1760. The molecule has 3 N–H and O–H groups in total. The summed E-state index contributed by atoms with van der Waals surface area (Å²) in [6.07, 6.45) is 5.50. The van der Waals surface area contributed by atoms with Gasteiger partial charge in [-0.15, -0.1) is 0 Å². The van der Waals surface area contributed by atoms with Gasteiger partial charge in [0.05, 0.1) is 40.6 Å². The van der Waals surface area contributed by atoms with E-state index in [4.69, 9.17) is 0 Å². The van der Waals surface area contributed by atoms with Crippen molar-refractivity contribution in [2.45, 2.75) is 62.5 Å². The predicted octanol–water partition coefficient (Wildman–Crippen LogP) is 3.54. The van der Waals surface area contributed by atoms with Crippen LogP contribution in [0.25, 0.3) is 11.4 Å². The number of aromatic nitrogens is 5. The number of rotatable bonds is 8. The molecule has 0 bridgehead atoms. The molecular weight excluding hydrogens is 625 g/mol. The van der Waals surface area contributed by atoms with Gasteiger partial charge in [-0.05, 0) is 56.9 Å². The lowest BCUT2D eigenvalue weighted by molar-refractivity contribution is -0.184. The first kappa shape index (κ1) is 31.7. The lowest BCUT2D eigenvalue weighted by atomic mass is 9.87. The highest BCUT2D eigenvalue weighted by molar-refractivity contribution is 7.90. The lowest BCUT2D eigenvalue weighted by Crippen LogP contribution is -2.39. The Labute approximate surface area is 263 Å². The van der Waals surface area contributed by atoms with Gasteiger partial charge in [0.2, 0.25) is 0 Å². The smallest absolute Gasteiger partial charge is 0.393 e. The van der Waals surface area contributed by atoms with Gasteiger partial charge >= 0.3 is 12.1 Å². The van der Waals surface area contributed by atoms with E-state index in [0.717, 1.165) is 34.7 Å². The average molecular weight is 659 g/mol. The molecule has 2 saturated carbocycles. The Morgan fingerprint density at radius 1 is 1.07 bits per heavy atom. The number of hydrogen-bond acceptors (Lipinski definition) is 10. The third-order valence-corrected chi connectivity index (χ3v) is 10.4.